The summed E-state index contributed by atoms with van der Waals surface area (Å²) in [5.41, 5.74) is 1.62. The summed E-state index contributed by atoms with van der Waals surface area (Å²) in [7, 11) is -4.27. The van der Waals surface area contributed by atoms with Gasteiger partial charge in [-0.15, -0.1) is 0 Å². The minimum Gasteiger partial charge on any atom is -0.519 e. The number of carbonyl (C=O) groups excluding carboxylic acids is 2. The van der Waals surface area contributed by atoms with Crippen molar-refractivity contribution in [3.8, 4) is 0 Å². The second-order valence-corrected chi connectivity index (χ2v) is 25.7. The molecule has 0 spiro atoms. The lowest BCUT2D eigenvalue weighted by molar-refractivity contribution is -0.141. The first kappa shape index (κ1) is 37.0. The lowest BCUT2D eigenvalue weighted by Crippen LogP contribution is -2.59. The molecule has 6 nitrogen and oxygen atoms in total. The van der Waals surface area contributed by atoms with E-state index in [4.69, 9.17) is 8.85 Å². The van der Waals surface area contributed by atoms with E-state index in [1.165, 1.54) is 25.7 Å². The summed E-state index contributed by atoms with van der Waals surface area (Å²) in [6, 6.07) is 10.1. The Balaban J connectivity index is 1.95. The van der Waals surface area contributed by atoms with E-state index in [2.05, 4.69) is 97.0 Å². The molecule has 3 rings (SSSR count). The molecule has 1 amide bonds. The molecule has 2 unspecified atom stereocenters. The number of nitrogens with zero attached hydrogens (tertiary/aromatic N) is 1. The topological polar surface area (TPSA) is 67.9 Å². The van der Waals surface area contributed by atoms with E-state index in [0.29, 0.717) is 42.3 Å². The standard InChI is InChI=1S/C36H64N2O4Si2/c1-26(2)43(8,9)41-32(22-31(21-28-17-13-12-14-18-28)35(40)42-44(10,11)27(3)4)25-38-24-30-20-16-15-19-29(30)23-33(38)34(39)37-36(5,6)7/h12-14,17-18,26-27,29-33H,15-16,19-25H2,1-11H3,(H,37,39)/t29-,30+,31?,32?,33+/m1/s1. The summed E-state index contributed by atoms with van der Waals surface area (Å²) in [6.07, 6.45) is 7.00. The Labute approximate surface area is 271 Å². The smallest absolute Gasteiger partial charge is 0.296 e. The van der Waals surface area contributed by atoms with E-state index in [0.717, 1.165) is 18.5 Å². The van der Waals surface area contributed by atoms with Gasteiger partial charge in [-0.2, -0.15) is 0 Å². The number of benzene rings is 1. The van der Waals surface area contributed by atoms with Crippen molar-refractivity contribution in [1.82, 2.24) is 10.2 Å². The molecule has 250 valence electrons. The quantitative estimate of drug-likeness (QED) is 0.219. The van der Waals surface area contributed by atoms with Crippen molar-refractivity contribution in [2.75, 3.05) is 13.1 Å². The molecular formula is C36H64N2O4Si2. The highest BCUT2D eigenvalue weighted by Crippen LogP contribution is 2.39. The fraction of sp³-hybridized carbons (Fsp3) is 0.778. The van der Waals surface area contributed by atoms with Crippen LogP contribution in [0.1, 0.15) is 92.6 Å². The first-order valence-corrected chi connectivity index (χ1v) is 23.4. The van der Waals surface area contributed by atoms with Gasteiger partial charge in [-0.25, -0.2) is 0 Å². The fourth-order valence-electron chi connectivity index (χ4n) is 6.55. The van der Waals surface area contributed by atoms with Gasteiger partial charge in [0.1, 0.15) is 0 Å². The van der Waals surface area contributed by atoms with E-state index in [1.54, 1.807) is 0 Å². The van der Waals surface area contributed by atoms with Crippen molar-refractivity contribution in [1.29, 1.82) is 0 Å². The van der Waals surface area contributed by atoms with E-state index >= 15 is 0 Å². The summed E-state index contributed by atoms with van der Waals surface area (Å²) in [5, 5.41) is 3.30. The summed E-state index contributed by atoms with van der Waals surface area (Å²) < 4.78 is 13.5. The van der Waals surface area contributed by atoms with Crippen LogP contribution in [0.25, 0.3) is 0 Å². The third-order valence-electron chi connectivity index (χ3n) is 10.6. The maximum absolute atomic E-state index is 14.0. The number of hydrogen-bond donors (Lipinski definition) is 1. The Hall–Kier alpha value is -1.49. The Morgan fingerprint density at radius 3 is 2.09 bits per heavy atom. The average Bonchev–Trinajstić information content (AvgIpc) is 2.91. The molecule has 1 saturated carbocycles. The van der Waals surface area contributed by atoms with Gasteiger partial charge >= 0.3 is 0 Å². The van der Waals surface area contributed by atoms with Crippen LogP contribution >= 0.6 is 0 Å². The molecule has 0 bridgehead atoms. The molecular weight excluding hydrogens is 581 g/mol. The molecule has 1 aromatic carbocycles. The number of likely N-dealkylation sites (tertiary alicyclic amines) is 1. The van der Waals surface area contributed by atoms with E-state index in [9.17, 15) is 9.59 Å². The Kier molecular flexibility index (Phi) is 12.9. The largest absolute Gasteiger partial charge is 0.519 e. The SMILES string of the molecule is CC(C)[Si](C)(C)OC(=O)C(Cc1ccccc1)CC(CN1C[C@@H]2CCCC[C@@H]2C[C@H]1C(=O)NC(C)(C)C)O[Si](C)(C)C(C)C. The van der Waals surface area contributed by atoms with Crippen LogP contribution in [0.4, 0.5) is 0 Å². The van der Waals surface area contributed by atoms with Gasteiger partial charge in [0.05, 0.1) is 18.1 Å². The van der Waals surface area contributed by atoms with E-state index < -0.39 is 16.6 Å². The van der Waals surface area contributed by atoms with E-state index in [-0.39, 0.29) is 35.5 Å². The van der Waals surface area contributed by atoms with Gasteiger partial charge in [-0.05, 0) is 101 Å². The second-order valence-electron chi connectivity index (χ2n) is 16.5. The Morgan fingerprint density at radius 1 is 0.932 bits per heavy atom. The van der Waals surface area contributed by atoms with Crippen LogP contribution in [0.5, 0.6) is 0 Å². The number of rotatable bonds is 13. The predicted molar refractivity (Wildman–Crippen MR) is 188 cm³/mol. The van der Waals surface area contributed by atoms with Crippen molar-refractivity contribution in [3.05, 3.63) is 35.9 Å². The Bertz CT molecular complexity index is 1070. The summed E-state index contributed by atoms with van der Waals surface area (Å²) >= 11 is 0. The first-order chi connectivity index (χ1) is 20.4. The highest BCUT2D eigenvalue weighted by molar-refractivity contribution is 6.74. The van der Waals surface area contributed by atoms with Crippen molar-refractivity contribution in [2.45, 2.75) is 148 Å². The zero-order valence-corrected chi connectivity index (χ0v) is 31.9. The summed E-state index contributed by atoms with van der Waals surface area (Å²) in [6.45, 7) is 25.5. The van der Waals surface area contributed by atoms with Crippen molar-refractivity contribution in [3.63, 3.8) is 0 Å². The van der Waals surface area contributed by atoms with Crippen molar-refractivity contribution in [2.24, 2.45) is 17.8 Å². The summed E-state index contributed by atoms with van der Waals surface area (Å²) in [4.78, 5) is 30.2. The minimum absolute atomic E-state index is 0.0927. The molecule has 2 fully saturated rings. The van der Waals surface area contributed by atoms with Gasteiger partial charge in [-0.1, -0.05) is 77.3 Å². The molecule has 1 aliphatic heterocycles. The van der Waals surface area contributed by atoms with Gasteiger partial charge in [0.2, 0.25) is 5.91 Å². The maximum Gasteiger partial charge on any atom is 0.296 e. The highest BCUT2D eigenvalue weighted by Gasteiger charge is 2.43. The lowest BCUT2D eigenvalue weighted by atomic mass is 9.72. The van der Waals surface area contributed by atoms with Crippen LogP contribution in [-0.2, 0) is 24.9 Å². The van der Waals surface area contributed by atoms with Gasteiger partial charge in [0.15, 0.2) is 8.32 Å². The molecule has 5 atom stereocenters. The summed E-state index contributed by atoms with van der Waals surface area (Å²) in [5.74, 6) is 0.969. The molecule has 0 radical (unpaired) electrons. The third-order valence-corrected chi connectivity index (χ3v) is 17.8. The van der Waals surface area contributed by atoms with Crippen LogP contribution in [0.3, 0.4) is 0 Å². The van der Waals surface area contributed by atoms with Crippen LogP contribution in [0.15, 0.2) is 30.3 Å². The number of fused-ring (bicyclic) bond motifs is 1. The highest BCUT2D eigenvalue weighted by atomic mass is 28.4. The molecule has 1 aliphatic carbocycles. The van der Waals surface area contributed by atoms with Crippen molar-refractivity contribution < 1.29 is 18.4 Å². The van der Waals surface area contributed by atoms with Gasteiger partial charge in [0.25, 0.3) is 14.3 Å². The molecule has 1 saturated heterocycles. The van der Waals surface area contributed by atoms with Crippen LogP contribution < -0.4 is 5.32 Å². The van der Waals surface area contributed by atoms with Crippen LogP contribution in [-0.4, -0.2) is 64.2 Å². The third kappa shape index (κ3) is 10.8. The van der Waals surface area contributed by atoms with E-state index in [1.807, 2.05) is 18.2 Å². The fourth-order valence-corrected chi connectivity index (χ4v) is 8.78. The number of amides is 1. The molecule has 1 N–H and O–H groups in total. The molecule has 0 aromatic heterocycles. The van der Waals surface area contributed by atoms with Gasteiger partial charge in [-0.3, -0.25) is 14.5 Å². The predicted octanol–water partition coefficient (Wildman–Crippen LogP) is 8.19. The molecule has 44 heavy (non-hydrogen) atoms. The van der Waals surface area contributed by atoms with Gasteiger partial charge in [0, 0.05) is 18.6 Å². The minimum atomic E-state index is -2.20. The molecule has 1 aromatic rings. The maximum atomic E-state index is 14.0. The van der Waals surface area contributed by atoms with Crippen LogP contribution in [0, 0.1) is 17.8 Å². The lowest BCUT2D eigenvalue weighted by Gasteiger charge is -2.47. The normalized spacial score (nSPS) is 23.2. The second kappa shape index (κ2) is 15.4. The molecule has 8 heteroatoms. The number of carbonyl (C=O) groups is 2. The average molecular weight is 645 g/mol. The molecule has 2 aliphatic rings. The van der Waals surface area contributed by atoms with Crippen molar-refractivity contribution >= 4 is 28.5 Å². The van der Waals surface area contributed by atoms with Gasteiger partial charge < -0.3 is 14.2 Å². The zero-order chi connectivity index (χ0) is 32.9. The monoisotopic (exact) mass is 644 g/mol. The number of piperidine rings is 1. The van der Waals surface area contributed by atoms with Crippen LogP contribution in [0.2, 0.25) is 37.3 Å². The first-order valence-electron chi connectivity index (χ1n) is 17.4. The zero-order valence-electron chi connectivity index (χ0n) is 29.9. The molecule has 1 heterocycles. The number of hydrogen-bond acceptors (Lipinski definition) is 5. The Morgan fingerprint density at radius 2 is 1.52 bits per heavy atom. The number of nitrogens with one attached hydrogen (secondary N) is 1.